The van der Waals surface area contributed by atoms with Crippen molar-refractivity contribution < 1.29 is 24.6 Å². The van der Waals surface area contributed by atoms with Crippen LogP contribution in [0.5, 0.6) is 0 Å². The van der Waals surface area contributed by atoms with E-state index in [0.717, 1.165) is 0 Å². The molecule has 0 heterocycles. The van der Waals surface area contributed by atoms with Gasteiger partial charge in [0.15, 0.2) is 5.78 Å². The fourth-order valence-electron chi connectivity index (χ4n) is 2.97. The fourth-order valence-corrected chi connectivity index (χ4v) is 2.97. The van der Waals surface area contributed by atoms with E-state index in [0.29, 0.717) is 22.5 Å². The summed E-state index contributed by atoms with van der Waals surface area (Å²) in [6.45, 7) is 4.79. The van der Waals surface area contributed by atoms with E-state index < -0.39 is 17.4 Å². The molecule has 1 aliphatic carbocycles. The van der Waals surface area contributed by atoms with Crippen molar-refractivity contribution >= 4 is 23.4 Å². The van der Waals surface area contributed by atoms with Crippen LogP contribution in [0, 0.1) is 5.41 Å². The molecule has 3 N–H and O–H groups in total. The molecule has 0 fully saturated rings. The zero-order valence-electron chi connectivity index (χ0n) is 14.4. The molecule has 1 aromatic rings. The van der Waals surface area contributed by atoms with Crippen molar-refractivity contribution in [2.45, 2.75) is 33.6 Å². The van der Waals surface area contributed by atoms with E-state index in [4.69, 9.17) is 0 Å². The van der Waals surface area contributed by atoms with E-state index in [1.807, 2.05) is 0 Å². The molecule has 25 heavy (non-hydrogen) atoms. The van der Waals surface area contributed by atoms with Crippen molar-refractivity contribution in [1.29, 1.82) is 0 Å². The second-order valence-corrected chi connectivity index (χ2v) is 6.19. The van der Waals surface area contributed by atoms with Crippen LogP contribution in [0.1, 0.15) is 44.0 Å². The Morgan fingerprint density at radius 1 is 1.20 bits per heavy atom. The Morgan fingerprint density at radius 3 is 2.36 bits per heavy atom. The number of carbonyl (C=O) groups excluding carboxylic acids is 1. The van der Waals surface area contributed by atoms with Gasteiger partial charge in [0.25, 0.3) is 0 Å². The van der Waals surface area contributed by atoms with Crippen LogP contribution in [0.3, 0.4) is 0 Å². The number of rotatable bonds is 6. The molecule has 0 bridgehead atoms. The monoisotopic (exact) mass is 343 g/mol. The summed E-state index contributed by atoms with van der Waals surface area (Å²) in [5, 5.41) is 22.2. The van der Waals surface area contributed by atoms with Crippen molar-refractivity contribution in [3.8, 4) is 0 Å². The van der Waals surface area contributed by atoms with Crippen molar-refractivity contribution in [2.75, 3.05) is 5.32 Å². The summed E-state index contributed by atoms with van der Waals surface area (Å²) >= 11 is 0. The Bertz CT molecular complexity index is 806. The number of carboxylic acids is 2. The first-order chi connectivity index (χ1) is 11.7. The van der Waals surface area contributed by atoms with Gasteiger partial charge in [-0.3, -0.25) is 9.59 Å². The summed E-state index contributed by atoms with van der Waals surface area (Å²) < 4.78 is 0. The Labute approximate surface area is 145 Å². The van der Waals surface area contributed by atoms with Crippen molar-refractivity contribution in [2.24, 2.45) is 5.41 Å². The van der Waals surface area contributed by atoms with Crippen LogP contribution in [-0.4, -0.2) is 27.9 Å². The molecule has 1 unspecified atom stereocenters. The fraction of sp³-hybridized carbons (Fsp3) is 0.316. The van der Waals surface area contributed by atoms with Crippen molar-refractivity contribution in [1.82, 2.24) is 0 Å². The molecule has 132 valence electrons. The van der Waals surface area contributed by atoms with Gasteiger partial charge in [0.05, 0.1) is 5.41 Å². The highest BCUT2D eigenvalue weighted by Gasteiger charge is 2.41. The summed E-state index contributed by atoms with van der Waals surface area (Å²) in [5.41, 5.74) is 0.617. The minimum Gasteiger partial charge on any atom is -0.481 e. The highest BCUT2D eigenvalue weighted by Crippen LogP contribution is 2.41. The summed E-state index contributed by atoms with van der Waals surface area (Å²) in [6.07, 6.45) is 1.75. The first-order valence-electron chi connectivity index (χ1n) is 7.98. The van der Waals surface area contributed by atoms with E-state index >= 15 is 0 Å². The minimum absolute atomic E-state index is 0.0644. The molecular weight excluding hydrogens is 322 g/mol. The van der Waals surface area contributed by atoms with E-state index in [2.05, 4.69) is 5.32 Å². The molecule has 1 atom stereocenters. The van der Waals surface area contributed by atoms with E-state index in [1.54, 1.807) is 44.2 Å². The van der Waals surface area contributed by atoms with E-state index in [-0.39, 0.29) is 24.2 Å². The summed E-state index contributed by atoms with van der Waals surface area (Å²) in [7, 11) is 0. The highest BCUT2D eigenvalue weighted by molar-refractivity contribution is 6.00. The molecule has 0 aliphatic heterocycles. The maximum atomic E-state index is 11.8. The van der Waals surface area contributed by atoms with Crippen LogP contribution in [-0.2, 0) is 9.59 Å². The average molecular weight is 343 g/mol. The van der Waals surface area contributed by atoms with Gasteiger partial charge in [0, 0.05) is 22.5 Å². The third-order valence-corrected chi connectivity index (χ3v) is 4.66. The molecule has 0 radical (unpaired) electrons. The third-order valence-electron chi connectivity index (χ3n) is 4.66. The summed E-state index contributed by atoms with van der Waals surface area (Å²) in [4.78, 5) is 35.2. The van der Waals surface area contributed by atoms with Gasteiger partial charge in [-0.1, -0.05) is 19.1 Å². The zero-order valence-corrected chi connectivity index (χ0v) is 14.4. The van der Waals surface area contributed by atoms with Crippen LogP contribution < -0.4 is 5.32 Å². The highest BCUT2D eigenvalue weighted by atomic mass is 16.4. The minimum atomic E-state index is -1.29. The number of Topliss-reactive ketones (excluding diaryl/α,β-unsaturated/α-hetero) is 1. The lowest BCUT2D eigenvalue weighted by molar-refractivity contribution is -0.146. The van der Waals surface area contributed by atoms with Crippen LogP contribution in [0.4, 0.5) is 5.69 Å². The van der Waals surface area contributed by atoms with Crippen LogP contribution in [0.2, 0.25) is 0 Å². The van der Waals surface area contributed by atoms with Gasteiger partial charge < -0.3 is 15.5 Å². The predicted octanol–water partition coefficient (Wildman–Crippen LogP) is 3.47. The topological polar surface area (TPSA) is 104 Å². The number of carbonyl (C=O) groups is 3. The molecule has 1 aliphatic rings. The molecule has 1 aromatic carbocycles. The smallest absolute Gasteiger partial charge is 0.331 e. The van der Waals surface area contributed by atoms with E-state index in [1.165, 1.54) is 6.92 Å². The lowest BCUT2D eigenvalue weighted by Gasteiger charge is -2.32. The molecular formula is C19H21NO5. The van der Waals surface area contributed by atoms with Gasteiger partial charge in [-0.15, -0.1) is 0 Å². The predicted molar refractivity (Wildman–Crippen MR) is 93.5 cm³/mol. The Morgan fingerprint density at radius 2 is 1.84 bits per heavy atom. The lowest BCUT2D eigenvalue weighted by Crippen LogP contribution is -2.34. The molecule has 0 spiro atoms. The number of benzene rings is 1. The quantitative estimate of drug-likeness (QED) is 0.683. The Balaban J connectivity index is 2.58. The normalized spacial score (nSPS) is 20.0. The van der Waals surface area contributed by atoms with Gasteiger partial charge in [-0.2, -0.15) is 0 Å². The van der Waals surface area contributed by atoms with Gasteiger partial charge in [0.1, 0.15) is 0 Å². The lowest BCUT2D eigenvalue weighted by atomic mass is 9.73. The number of nitrogens with one attached hydrogen (secondary N) is 1. The largest absolute Gasteiger partial charge is 0.481 e. The maximum Gasteiger partial charge on any atom is 0.331 e. The van der Waals surface area contributed by atoms with Gasteiger partial charge in [0.2, 0.25) is 0 Å². The zero-order chi connectivity index (χ0) is 18.8. The number of anilines is 1. The Hall–Kier alpha value is -2.89. The third kappa shape index (κ3) is 3.47. The molecule has 6 nitrogen and oxygen atoms in total. The molecule has 6 heteroatoms. The maximum absolute atomic E-state index is 11.8. The molecule has 0 amide bonds. The summed E-state index contributed by atoms with van der Waals surface area (Å²) in [6, 6.07) is 6.85. The average Bonchev–Trinajstić information content (AvgIpc) is 2.56. The first-order valence-corrected chi connectivity index (χ1v) is 7.98. The number of allylic oxidation sites excluding steroid dienone is 1. The Kier molecular flexibility index (Phi) is 5.11. The number of aliphatic carboxylic acids is 2. The van der Waals surface area contributed by atoms with Gasteiger partial charge in [-0.05, 0) is 50.5 Å². The van der Waals surface area contributed by atoms with Crippen LogP contribution >= 0.6 is 0 Å². The molecule has 0 aromatic heterocycles. The number of hydrogen-bond acceptors (Lipinski definition) is 4. The molecule has 0 saturated heterocycles. The van der Waals surface area contributed by atoms with Crippen molar-refractivity contribution in [3.05, 3.63) is 52.7 Å². The van der Waals surface area contributed by atoms with Crippen LogP contribution in [0.15, 0.2) is 47.2 Å². The number of carboxylic acid groups (broad SMARTS) is 2. The number of ketones is 1. The van der Waals surface area contributed by atoms with Crippen LogP contribution in [0.25, 0.3) is 0 Å². The summed E-state index contributed by atoms with van der Waals surface area (Å²) in [5.74, 6) is -2.34. The molecule has 0 saturated carbocycles. The SMILES string of the molecule is CCC1(C(=O)O)C=C(Nc2ccccc2C(C)=O)C(C)=C(C(=O)O)C1. The number of hydrogen-bond donors (Lipinski definition) is 3. The first kappa shape index (κ1) is 18.4. The van der Waals surface area contributed by atoms with Crippen molar-refractivity contribution in [3.63, 3.8) is 0 Å². The molecule has 2 rings (SSSR count). The van der Waals surface area contributed by atoms with Gasteiger partial charge in [-0.25, -0.2) is 4.79 Å². The second-order valence-electron chi connectivity index (χ2n) is 6.19. The second kappa shape index (κ2) is 6.93. The van der Waals surface area contributed by atoms with Gasteiger partial charge >= 0.3 is 11.9 Å². The number of para-hydroxylation sites is 1. The van der Waals surface area contributed by atoms with E-state index in [9.17, 15) is 24.6 Å². The standard InChI is InChI=1S/C19H21NO5/c1-4-19(18(24)25)9-14(17(22)23)11(2)16(10-19)20-15-8-6-5-7-13(15)12(3)21/h5-8,10,20H,4,9H2,1-3H3,(H,22,23)(H,24,25).